The van der Waals surface area contributed by atoms with Gasteiger partial charge in [-0.3, -0.25) is 9.69 Å². The Balaban J connectivity index is 1.70. The molecule has 5 heteroatoms. The van der Waals surface area contributed by atoms with Crippen molar-refractivity contribution in [3.63, 3.8) is 0 Å². The van der Waals surface area contributed by atoms with Crippen molar-refractivity contribution in [2.45, 2.75) is 59.2 Å². The van der Waals surface area contributed by atoms with Crippen LogP contribution >= 0.6 is 11.6 Å². The highest BCUT2D eigenvalue weighted by Crippen LogP contribution is 2.32. The molecule has 0 aliphatic carbocycles. The lowest BCUT2D eigenvalue weighted by molar-refractivity contribution is 0.191. The number of ether oxygens (including phenoxy) is 1. The van der Waals surface area contributed by atoms with Crippen LogP contribution in [0.1, 0.15) is 61.6 Å². The van der Waals surface area contributed by atoms with Gasteiger partial charge in [-0.15, -0.1) is 0 Å². The Labute approximate surface area is 218 Å². The molecule has 3 aromatic carbocycles. The van der Waals surface area contributed by atoms with Crippen molar-refractivity contribution in [2.24, 2.45) is 0 Å². The van der Waals surface area contributed by atoms with E-state index in [1.54, 1.807) is 7.11 Å². The van der Waals surface area contributed by atoms with Crippen LogP contribution in [0.2, 0.25) is 5.02 Å². The molecule has 36 heavy (non-hydrogen) atoms. The van der Waals surface area contributed by atoms with E-state index < -0.39 is 0 Å². The fraction of sp³-hybridized carbons (Fsp3) is 0.323. The summed E-state index contributed by atoms with van der Waals surface area (Å²) in [5.41, 5.74) is 6.37. The Hall–Kier alpha value is -3.08. The summed E-state index contributed by atoms with van der Waals surface area (Å²) < 4.78 is 5.35. The summed E-state index contributed by atoms with van der Waals surface area (Å²) in [6, 6.07) is 22.8. The quantitative estimate of drug-likeness (QED) is 0.283. The summed E-state index contributed by atoms with van der Waals surface area (Å²) in [4.78, 5) is 18.4. The van der Waals surface area contributed by atoms with Crippen LogP contribution in [0, 0.1) is 6.92 Å². The highest BCUT2D eigenvalue weighted by Gasteiger charge is 2.20. The van der Waals surface area contributed by atoms with Gasteiger partial charge in [-0.2, -0.15) is 0 Å². The van der Waals surface area contributed by atoms with Crippen molar-refractivity contribution >= 4 is 22.5 Å². The Morgan fingerprint density at radius 1 is 0.972 bits per heavy atom. The van der Waals surface area contributed by atoms with Crippen LogP contribution in [0.3, 0.4) is 0 Å². The van der Waals surface area contributed by atoms with Crippen molar-refractivity contribution in [3.8, 4) is 5.75 Å². The largest absolute Gasteiger partial charge is 0.495 e. The van der Waals surface area contributed by atoms with E-state index in [1.807, 2.05) is 36.4 Å². The first-order valence-electron chi connectivity index (χ1n) is 12.3. The van der Waals surface area contributed by atoms with Crippen molar-refractivity contribution in [1.29, 1.82) is 0 Å². The molecule has 0 saturated heterocycles. The average Bonchev–Trinajstić information content (AvgIpc) is 2.83. The molecule has 1 atom stereocenters. The van der Waals surface area contributed by atoms with Gasteiger partial charge in [-0.1, -0.05) is 74.3 Å². The SMILES string of the molecule is COc1ccc(C(C)N(Cc2ccc(C(C)(C)C)cc2)Cc2cc3cc(C)ccc3[nH]c2=O)cc1Cl. The van der Waals surface area contributed by atoms with Crippen LogP contribution in [0.15, 0.2) is 71.5 Å². The number of aromatic amines is 1. The summed E-state index contributed by atoms with van der Waals surface area (Å²) in [6.45, 7) is 12.1. The van der Waals surface area contributed by atoms with E-state index in [1.165, 1.54) is 11.1 Å². The first-order chi connectivity index (χ1) is 17.0. The number of halogens is 1. The lowest BCUT2D eigenvalue weighted by Crippen LogP contribution is -2.29. The molecule has 0 amide bonds. The third-order valence-electron chi connectivity index (χ3n) is 6.86. The molecular weight excluding hydrogens is 468 g/mol. The van der Waals surface area contributed by atoms with Gasteiger partial charge in [0.1, 0.15) is 5.75 Å². The Kier molecular flexibility index (Phi) is 7.58. The van der Waals surface area contributed by atoms with Gasteiger partial charge < -0.3 is 9.72 Å². The number of benzene rings is 3. The molecule has 1 aromatic heterocycles. The van der Waals surface area contributed by atoms with Gasteiger partial charge in [-0.05, 0) is 71.7 Å². The average molecular weight is 503 g/mol. The van der Waals surface area contributed by atoms with Gasteiger partial charge in [0.05, 0.1) is 12.1 Å². The van der Waals surface area contributed by atoms with Crippen LogP contribution < -0.4 is 10.3 Å². The Bertz CT molecular complexity index is 1420. The Morgan fingerprint density at radius 3 is 2.33 bits per heavy atom. The van der Waals surface area contributed by atoms with Gasteiger partial charge in [-0.25, -0.2) is 0 Å². The number of methoxy groups -OCH3 is 1. The second kappa shape index (κ2) is 10.5. The normalized spacial score (nSPS) is 12.8. The molecule has 4 nitrogen and oxygen atoms in total. The van der Waals surface area contributed by atoms with E-state index in [9.17, 15) is 4.79 Å². The third-order valence-corrected chi connectivity index (χ3v) is 7.16. The maximum atomic E-state index is 13.0. The molecule has 0 saturated carbocycles. The monoisotopic (exact) mass is 502 g/mol. The number of H-pyrrole nitrogens is 1. The van der Waals surface area contributed by atoms with E-state index in [0.717, 1.165) is 27.6 Å². The molecule has 0 bridgehead atoms. The van der Waals surface area contributed by atoms with Crippen molar-refractivity contribution in [3.05, 3.63) is 110 Å². The highest BCUT2D eigenvalue weighted by atomic mass is 35.5. The molecule has 1 unspecified atom stereocenters. The molecule has 188 valence electrons. The number of rotatable bonds is 7. The molecule has 0 radical (unpaired) electrons. The number of aryl methyl sites for hydroxylation is 1. The molecule has 4 rings (SSSR count). The van der Waals surface area contributed by atoms with Crippen LogP contribution in [0.5, 0.6) is 5.75 Å². The number of nitrogens with zero attached hydrogens (tertiary/aromatic N) is 1. The van der Waals surface area contributed by atoms with Crippen molar-refractivity contribution in [1.82, 2.24) is 9.88 Å². The second-order valence-electron chi connectivity index (χ2n) is 10.6. The molecule has 1 N–H and O–H groups in total. The zero-order chi connectivity index (χ0) is 26.0. The summed E-state index contributed by atoms with van der Waals surface area (Å²) in [6.07, 6.45) is 0. The predicted molar refractivity (Wildman–Crippen MR) is 150 cm³/mol. The summed E-state index contributed by atoms with van der Waals surface area (Å²) >= 11 is 6.47. The minimum absolute atomic E-state index is 0.0169. The summed E-state index contributed by atoms with van der Waals surface area (Å²) in [7, 11) is 1.62. The van der Waals surface area contributed by atoms with Crippen LogP contribution in [0.25, 0.3) is 10.9 Å². The molecule has 0 aliphatic heterocycles. The summed E-state index contributed by atoms with van der Waals surface area (Å²) in [5.74, 6) is 0.651. The molecule has 0 spiro atoms. The van der Waals surface area contributed by atoms with E-state index in [4.69, 9.17) is 16.3 Å². The molecule has 4 aromatic rings. The number of aromatic nitrogens is 1. The number of hydrogen-bond donors (Lipinski definition) is 1. The molecule has 0 aliphatic rings. The number of fused-ring (bicyclic) bond motifs is 1. The first-order valence-corrected chi connectivity index (χ1v) is 12.7. The van der Waals surface area contributed by atoms with Crippen LogP contribution in [-0.2, 0) is 18.5 Å². The smallest absolute Gasteiger partial charge is 0.252 e. The zero-order valence-electron chi connectivity index (χ0n) is 22.0. The minimum Gasteiger partial charge on any atom is -0.495 e. The van der Waals surface area contributed by atoms with Crippen molar-refractivity contribution in [2.75, 3.05) is 7.11 Å². The topological polar surface area (TPSA) is 45.3 Å². The molecule has 1 heterocycles. The fourth-order valence-electron chi connectivity index (χ4n) is 4.54. The molecular formula is C31H35ClN2O2. The number of nitrogens with one attached hydrogen (secondary N) is 1. The maximum absolute atomic E-state index is 13.0. The van der Waals surface area contributed by atoms with Crippen LogP contribution in [0.4, 0.5) is 0 Å². The van der Waals surface area contributed by atoms with Gasteiger partial charge in [0.2, 0.25) is 0 Å². The molecule has 0 fully saturated rings. The van der Waals surface area contributed by atoms with Gasteiger partial charge >= 0.3 is 0 Å². The lowest BCUT2D eigenvalue weighted by atomic mass is 9.86. The first kappa shape index (κ1) is 26.0. The third kappa shape index (κ3) is 5.83. The number of hydrogen-bond acceptors (Lipinski definition) is 3. The Morgan fingerprint density at radius 2 is 1.69 bits per heavy atom. The van der Waals surface area contributed by atoms with E-state index in [0.29, 0.717) is 23.9 Å². The highest BCUT2D eigenvalue weighted by molar-refractivity contribution is 6.32. The van der Waals surface area contributed by atoms with Gasteiger partial charge in [0.15, 0.2) is 0 Å². The fourth-order valence-corrected chi connectivity index (χ4v) is 4.80. The van der Waals surface area contributed by atoms with E-state index >= 15 is 0 Å². The standard InChI is InChI=1S/C31H35ClN2O2/c1-20-7-13-28-24(15-20)16-25(30(35)33-28)19-34(18-22-8-11-26(12-9-22)31(3,4)5)21(2)23-10-14-29(36-6)27(32)17-23/h7-17,21H,18-19H2,1-6H3,(H,33,35). The lowest BCUT2D eigenvalue weighted by Gasteiger charge is -2.30. The van der Waals surface area contributed by atoms with E-state index in [2.05, 4.69) is 74.8 Å². The summed E-state index contributed by atoms with van der Waals surface area (Å²) in [5, 5.41) is 1.62. The van der Waals surface area contributed by atoms with Crippen molar-refractivity contribution < 1.29 is 4.74 Å². The number of pyridine rings is 1. The predicted octanol–water partition coefficient (Wildman–Crippen LogP) is 7.56. The second-order valence-corrected chi connectivity index (χ2v) is 11.0. The minimum atomic E-state index is -0.0561. The van der Waals surface area contributed by atoms with E-state index in [-0.39, 0.29) is 17.0 Å². The van der Waals surface area contributed by atoms with Gasteiger partial charge in [0, 0.05) is 30.2 Å². The zero-order valence-corrected chi connectivity index (χ0v) is 22.7. The maximum Gasteiger partial charge on any atom is 0.252 e. The van der Waals surface area contributed by atoms with Gasteiger partial charge in [0.25, 0.3) is 5.56 Å². The van der Waals surface area contributed by atoms with Crippen LogP contribution in [-0.4, -0.2) is 17.0 Å².